The van der Waals surface area contributed by atoms with Crippen LogP contribution in [0, 0.1) is 0 Å². The first-order valence-electron chi connectivity index (χ1n) is 4.66. The van der Waals surface area contributed by atoms with E-state index in [-0.39, 0.29) is 17.3 Å². The summed E-state index contributed by atoms with van der Waals surface area (Å²) in [5, 5.41) is -0.743. The van der Waals surface area contributed by atoms with E-state index < -0.39 is 15.2 Å². The number of sulfone groups is 1. The molecule has 2 N–H and O–H groups in total. The average molecular weight is 282 g/mol. The maximum atomic E-state index is 11.8. The number of amides is 1. The van der Waals surface area contributed by atoms with Crippen molar-refractivity contribution in [3.63, 3.8) is 0 Å². The van der Waals surface area contributed by atoms with Crippen molar-refractivity contribution in [3.8, 4) is 0 Å². The Kier molecular flexibility index (Phi) is 4.57. The first-order chi connectivity index (χ1) is 7.32. The number of nitrogens with zero attached hydrogens (tertiary/aromatic N) is 1. The summed E-state index contributed by atoms with van der Waals surface area (Å²) in [5.74, 6) is 0.861. The first kappa shape index (κ1) is 13.7. The fraction of sp³-hybridized carbons (Fsp3) is 0.750. The molecule has 0 aromatic rings. The van der Waals surface area contributed by atoms with Gasteiger partial charge in [0.2, 0.25) is 5.91 Å². The van der Waals surface area contributed by atoms with Crippen LogP contribution in [0.4, 0.5) is 0 Å². The molecule has 0 aromatic carbocycles. The minimum absolute atomic E-state index is 0.0635. The quantitative estimate of drug-likeness (QED) is 0.710. The molecule has 1 fully saturated rings. The van der Waals surface area contributed by atoms with Crippen LogP contribution in [0.15, 0.2) is 0 Å². The van der Waals surface area contributed by atoms with Gasteiger partial charge in [-0.25, -0.2) is 8.42 Å². The molecular formula is C8H14N2O3S3. The summed E-state index contributed by atoms with van der Waals surface area (Å²) in [7, 11) is -3.26. The Morgan fingerprint density at radius 2 is 2.25 bits per heavy atom. The molecule has 1 atom stereocenters. The molecule has 1 amide bonds. The van der Waals surface area contributed by atoms with E-state index in [1.165, 1.54) is 16.7 Å². The van der Waals surface area contributed by atoms with Gasteiger partial charge in [0.1, 0.15) is 5.37 Å². The maximum Gasteiger partial charge on any atom is 0.230 e. The van der Waals surface area contributed by atoms with E-state index in [1.807, 2.05) is 0 Å². The molecule has 1 rings (SSSR count). The average Bonchev–Trinajstić information content (AvgIpc) is 2.15. The predicted molar refractivity (Wildman–Crippen MR) is 69.1 cm³/mol. The highest BCUT2D eigenvalue weighted by Gasteiger charge is 2.33. The van der Waals surface area contributed by atoms with Gasteiger partial charge in [-0.15, -0.1) is 0 Å². The molecule has 1 aliphatic rings. The smallest absolute Gasteiger partial charge is 0.230 e. The van der Waals surface area contributed by atoms with Crippen LogP contribution in [0.2, 0.25) is 0 Å². The Morgan fingerprint density at radius 3 is 2.75 bits per heavy atom. The highest BCUT2D eigenvalue weighted by atomic mass is 32.2. The van der Waals surface area contributed by atoms with Gasteiger partial charge in [0.05, 0.1) is 11.4 Å². The lowest BCUT2D eigenvalue weighted by molar-refractivity contribution is -0.130. The summed E-state index contributed by atoms with van der Waals surface area (Å²) in [6.07, 6.45) is 1.08. The Balaban J connectivity index is 2.82. The third-order valence-corrected chi connectivity index (χ3v) is 5.01. The molecule has 1 unspecified atom stereocenters. The van der Waals surface area contributed by atoms with Crippen molar-refractivity contribution in [2.24, 2.45) is 5.73 Å². The summed E-state index contributed by atoms with van der Waals surface area (Å²) < 4.78 is 23.0. The molecule has 0 aliphatic carbocycles. The monoisotopic (exact) mass is 282 g/mol. The molecule has 0 saturated carbocycles. The van der Waals surface area contributed by atoms with E-state index in [2.05, 4.69) is 12.2 Å². The number of rotatable bonds is 3. The molecule has 1 heterocycles. The Bertz CT molecular complexity index is 393. The summed E-state index contributed by atoms with van der Waals surface area (Å²) >= 11 is 6.18. The highest BCUT2D eigenvalue weighted by molar-refractivity contribution is 8.00. The van der Waals surface area contributed by atoms with Crippen molar-refractivity contribution < 1.29 is 13.2 Å². The summed E-state index contributed by atoms with van der Waals surface area (Å²) in [5.41, 5.74) is 5.28. The molecule has 16 heavy (non-hydrogen) atoms. The van der Waals surface area contributed by atoms with Crippen LogP contribution in [-0.2, 0) is 14.6 Å². The molecule has 0 aromatic heterocycles. The lowest BCUT2D eigenvalue weighted by Crippen LogP contribution is -2.50. The van der Waals surface area contributed by atoms with Gasteiger partial charge in [-0.3, -0.25) is 4.79 Å². The van der Waals surface area contributed by atoms with E-state index in [1.54, 1.807) is 0 Å². The normalized spacial score (nSPS) is 21.8. The Labute approximate surface area is 105 Å². The van der Waals surface area contributed by atoms with E-state index in [4.69, 9.17) is 5.73 Å². The van der Waals surface area contributed by atoms with Crippen molar-refractivity contribution in [1.29, 1.82) is 0 Å². The van der Waals surface area contributed by atoms with Crippen molar-refractivity contribution in [3.05, 3.63) is 0 Å². The minimum atomic E-state index is -3.26. The molecule has 1 saturated heterocycles. The fourth-order valence-corrected chi connectivity index (χ4v) is 4.43. The molecule has 0 radical (unpaired) electrons. The van der Waals surface area contributed by atoms with E-state index in [0.29, 0.717) is 12.3 Å². The Hall–Kier alpha value is -0.340. The van der Waals surface area contributed by atoms with Crippen LogP contribution in [0.3, 0.4) is 0 Å². The van der Waals surface area contributed by atoms with Crippen LogP contribution in [0.5, 0.6) is 0 Å². The molecule has 1 aliphatic heterocycles. The number of hydrogen-bond donors (Lipinski definition) is 1. The van der Waals surface area contributed by atoms with Crippen LogP contribution >= 0.6 is 24.0 Å². The van der Waals surface area contributed by atoms with Crippen LogP contribution in [-0.4, -0.2) is 53.9 Å². The first-order valence-corrected chi connectivity index (χ1v) is 8.18. The second-order valence-corrected chi connectivity index (χ2v) is 7.47. The number of nitrogens with two attached hydrogens (primary N) is 1. The van der Waals surface area contributed by atoms with Gasteiger partial charge in [-0.1, -0.05) is 12.2 Å². The number of thioether (sulfide) groups is 1. The number of carbonyl (C=O) groups is 1. The van der Waals surface area contributed by atoms with Crippen LogP contribution in [0.25, 0.3) is 0 Å². The van der Waals surface area contributed by atoms with Crippen molar-refractivity contribution >= 4 is 44.7 Å². The van der Waals surface area contributed by atoms with Gasteiger partial charge in [-0.05, 0) is 0 Å². The van der Waals surface area contributed by atoms with Gasteiger partial charge >= 0.3 is 0 Å². The topological polar surface area (TPSA) is 80.5 Å². The number of hydrogen-bond acceptors (Lipinski definition) is 5. The molecular weight excluding hydrogens is 268 g/mol. The molecule has 0 bridgehead atoms. The van der Waals surface area contributed by atoms with Crippen LogP contribution < -0.4 is 5.73 Å². The molecule has 92 valence electrons. The molecule has 0 spiro atoms. The van der Waals surface area contributed by atoms with E-state index >= 15 is 0 Å². The van der Waals surface area contributed by atoms with Gasteiger partial charge in [0.15, 0.2) is 9.84 Å². The lowest BCUT2D eigenvalue weighted by Gasteiger charge is -2.34. The second kappa shape index (κ2) is 5.33. The molecule has 5 nitrogen and oxygen atoms in total. The third-order valence-electron chi connectivity index (χ3n) is 2.22. The van der Waals surface area contributed by atoms with Crippen molar-refractivity contribution in [2.75, 3.05) is 24.3 Å². The third kappa shape index (κ3) is 3.60. The zero-order chi connectivity index (χ0) is 12.3. The summed E-state index contributed by atoms with van der Waals surface area (Å²) in [6, 6.07) is 0. The number of thiocarbonyl (C=S) groups is 1. The van der Waals surface area contributed by atoms with Gasteiger partial charge < -0.3 is 10.6 Å². The summed E-state index contributed by atoms with van der Waals surface area (Å²) in [4.78, 5) is 13.2. The zero-order valence-corrected chi connectivity index (χ0v) is 11.3. The van der Waals surface area contributed by atoms with Gasteiger partial charge in [0, 0.05) is 24.3 Å². The SMILES string of the molecule is CS(=O)(=O)C1CSCCN1C(=O)CC(N)=S. The fourth-order valence-electron chi connectivity index (χ4n) is 1.47. The van der Waals surface area contributed by atoms with Gasteiger partial charge in [-0.2, -0.15) is 11.8 Å². The van der Waals surface area contributed by atoms with E-state index in [0.717, 1.165) is 12.0 Å². The summed E-state index contributed by atoms with van der Waals surface area (Å²) in [6.45, 7) is 0.434. The molecule has 8 heteroatoms. The van der Waals surface area contributed by atoms with Crippen LogP contribution in [0.1, 0.15) is 6.42 Å². The van der Waals surface area contributed by atoms with E-state index in [9.17, 15) is 13.2 Å². The lowest BCUT2D eigenvalue weighted by atomic mass is 10.3. The Morgan fingerprint density at radius 1 is 1.62 bits per heavy atom. The van der Waals surface area contributed by atoms with Crippen molar-refractivity contribution in [1.82, 2.24) is 4.90 Å². The zero-order valence-electron chi connectivity index (χ0n) is 8.88. The predicted octanol–water partition coefficient (Wildman–Crippen LogP) is -0.391. The second-order valence-electron chi connectivity index (χ2n) is 3.59. The van der Waals surface area contributed by atoms with Gasteiger partial charge in [0.25, 0.3) is 0 Å². The van der Waals surface area contributed by atoms with Crippen molar-refractivity contribution in [2.45, 2.75) is 11.8 Å². The standard InChI is InChI=1S/C8H14N2O3S3/c1-16(12,13)8-5-15-3-2-10(8)7(11)4-6(9)14/h8H,2-5H2,1H3,(H2,9,14). The maximum absolute atomic E-state index is 11.8. The minimum Gasteiger partial charge on any atom is -0.393 e. The highest BCUT2D eigenvalue weighted by Crippen LogP contribution is 2.20. The number of carbonyl (C=O) groups excluding carboxylic acids is 1. The largest absolute Gasteiger partial charge is 0.393 e.